The van der Waals surface area contributed by atoms with Crippen LogP contribution >= 0.6 is 0 Å². The highest BCUT2D eigenvalue weighted by molar-refractivity contribution is 4.90. The first-order chi connectivity index (χ1) is 7.33. The molecule has 88 valence electrons. The van der Waals surface area contributed by atoms with Crippen molar-refractivity contribution < 1.29 is 0 Å². The minimum absolute atomic E-state index is 0.815. The molecule has 2 rings (SSSR count). The summed E-state index contributed by atoms with van der Waals surface area (Å²) in [5.41, 5.74) is 0. The summed E-state index contributed by atoms with van der Waals surface area (Å²) in [6, 6.07) is 2.50. The van der Waals surface area contributed by atoms with E-state index in [1.165, 1.54) is 51.6 Å². The topological polar surface area (TPSA) is 15.3 Å². The minimum Gasteiger partial charge on any atom is -0.315 e. The van der Waals surface area contributed by atoms with Crippen LogP contribution in [0.15, 0.2) is 0 Å². The highest BCUT2D eigenvalue weighted by atomic mass is 15.2. The molecule has 0 aromatic heterocycles. The van der Waals surface area contributed by atoms with E-state index in [0.717, 1.165) is 18.1 Å². The van der Waals surface area contributed by atoms with Gasteiger partial charge in [0, 0.05) is 24.7 Å². The molecule has 0 aliphatic carbocycles. The van der Waals surface area contributed by atoms with E-state index in [4.69, 9.17) is 0 Å². The van der Waals surface area contributed by atoms with Gasteiger partial charge in [0.05, 0.1) is 0 Å². The fourth-order valence-corrected chi connectivity index (χ4v) is 3.42. The van der Waals surface area contributed by atoms with Crippen molar-refractivity contribution in [3.8, 4) is 0 Å². The number of rotatable bonds is 2. The van der Waals surface area contributed by atoms with Gasteiger partial charge >= 0.3 is 0 Å². The summed E-state index contributed by atoms with van der Waals surface area (Å²) in [6.07, 6.45) is 8.37. The zero-order chi connectivity index (χ0) is 10.7. The number of hydrogen-bond acceptors (Lipinski definition) is 2. The number of nitrogens with one attached hydrogen (secondary N) is 1. The van der Waals surface area contributed by atoms with Gasteiger partial charge in [0.1, 0.15) is 0 Å². The second-order valence-corrected chi connectivity index (χ2v) is 5.29. The molecule has 3 unspecified atom stereocenters. The SMILES string of the molecule is CCC1CCC(C)N1C1CCCCNC1. The largest absolute Gasteiger partial charge is 0.315 e. The number of likely N-dealkylation sites (tertiary alicyclic amines) is 1. The zero-order valence-corrected chi connectivity index (χ0v) is 10.3. The molecule has 0 aromatic carbocycles. The van der Waals surface area contributed by atoms with Crippen molar-refractivity contribution in [2.75, 3.05) is 13.1 Å². The Bertz CT molecular complexity index is 185. The van der Waals surface area contributed by atoms with Crippen LogP contribution < -0.4 is 5.32 Å². The van der Waals surface area contributed by atoms with Crippen LogP contribution in [0.2, 0.25) is 0 Å². The van der Waals surface area contributed by atoms with Crippen LogP contribution in [0.25, 0.3) is 0 Å². The summed E-state index contributed by atoms with van der Waals surface area (Å²) in [4.78, 5) is 2.82. The lowest BCUT2D eigenvalue weighted by molar-refractivity contribution is 0.127. The number of hydrogen-bond donors (Lipinski definition) is 1. The van der Waals surface area contributed by atoms with Crippen molar-refractivity contribution in [2.45, 2.75) is 70.5 Å². The van der Waals surface area contributed by atoms with Crippen molar-refractivity contribution >= 4 is 0 Å². The molecule has 0 bridgehead atoms. The van der Waals surface area contributed by atoms with Gasteiger partial charge in [0.2, 0.25) is 0 Å². The van der Waals surface area contributed by atoms with Gasteiger partial charge in [0.25, 0.3) is 0 Å². The Morgan fingerprint density at radius 1 is 1.20 bits per heavy atom. The lowest BCUT2D eigenvalue weighted by atomic mass is 10.1. The molecule has 2 heteroatoms. The Labute approximate surface area is 94.4 Å². The maximum Gasteiger partial charge on any atom is 0.0226 e. The molecule has 1 N–H and O–H groups in total. The average Bonchev–Trinajstić information content (AvgIpc) is 2.48. The fourth-order valence-electron chi connectivity index (χ4n) is 3.42. The van der Waals surface area contributed by atoms with Crippen LogP contribution in [0.3, 0.4) is 0 Å². The van der Waals surface area contributed by atoms with Crippen LogP contribution in [0.4, 0.5) is 0 Å². The van der Waals surface area contributed by atoms with Gasteiger partial charge in [-0.2, -0.15) is 0 Å². The molecule has 2 aliphatic heterocycles. The molecule has 0 amide bonds. The van der Waals surface area contributed by atoms with Crippen LogP contribution in [0.5, 0.6) is 0 Å². The van der Waals surface area contributed by atoms with Gasteiger partial charge in [-0.1, -0.05) is 13.3 Å². The molecule has 2 aliphatic rings. The van der Waals surface area contributed by atoms with Gasteiger partial charge in [-0.3, -0.25) is 4.90 Å². The summed E-state index contributed by atoms with van der Waals surface area (Å²) in [6.45, 7) is 7.22. The van der Waals surface area contributed by atoms with Gasteiger partial charge in [-0.25, -0.2) is 0 Å². The Kier molecular flexibility index (Phi) is 4.04. The van der Waals surface area contributed by atoms with Crippen LogP contribution in [0.1, 0.15) is 52.4 Å². The van der Waals surface area contributed by atoms with Crippen LogP contribution in [0, 0.1) is 0 Å². The van der Waals surface area contributed by atoms with E-state index in [-0.39, 0.29) is 0 Å². The van der Waals surface area contributed by atoms with E-state index in [2.05, 4.69) is 24.1 Å². The molecule has 2 nitrogen and oxygen atoms in total. The minimum atomic E-state index is 0.815. The third kappa shape index (κ3) is 2.54. The first kappa shape index (κ1) is 11.4. The highest BCUT2D eigenvalue weighted by Gasteiger charge is 2.34. The molecule has 2 heterocycles. The molecule has 0 radical (unpaired) electrons. The lowest BCUT2D eigenvalue weighted by Crippen LogP contribution is -2.47. The van der Waals surface area contributed by atoms with Crippen molar-refractivity contribution in [2.24, 2.45) is 0 Å². The first-order valence-electron chi connectivity index (χ1n) is 6.81. The summed E-state index contributed by atoms with van der Waals surface area (Å²) >= 11 is 0. The third-order valence-corrected chi connectivity index (χ3v) is 4.26. The molecule has 0 saturated carbocycles. The van der Waals surface area contributed by atoms with E-state index in [9.17, 15) is 0 Å². The van der Waals surface area contributed by atoms with Gasteiger partial charge in [0.15, 0.2) is 0 Å². The Balaban J connectivity index is 1.99. The molecule has 2 fully saturated rings. The quantitative estimate of drug-likeness (QED) is 0.753. The smallest absolute Gasteiger partial charge is 0.0226 e. The lowest BCUT2D eigenvalue weighted by Gasteiger charge is -2.35. The second kappa shape index (κ2) is 5.31. The highest BCUT2D eigenvalue weighted by Crippen LogP contribution is 2.30. The fraction of sp³-hybridized carbons (Fsp3) is 1.00. The predicted molar refractivity (Wildman–Crippen MR) is 65.1 cm³/mol. The molecule has 0 aromatic rings. The normalized spacial score (nSPS) is 39.2. The van der Waals surface area contributed by atoms with Crippen LogP contribution in [-0.2, 0) is 0 Å². The summed E-state index contributed by atoms with van der Waals surface area (Å²) in [5, 5.41) is 3.60. The predicted octanol–water partition coefficient (Wildman–Crippen LogP) is 2.39. The average molecular weight is 210 g/mol. The Morgan fingerprint density at radius 3 is 2.87 bits per heavy atom. The summed E-state index contributed by atoms with van der Waals surface area (Å²) < 4.78 is 0. The van der Waals surface area contributed by atoms with E-state index in [1.807, 2.05) is 0 Å². The van der Waals surface area contributed by atoms with Crippen molar-refractivity contribution in [3.05, 3.63) is 0 Å². The van der Waals surface area contributed by atoms with Gasteiger partial charge in [-0.15, -0.1) is 0 Å². The van der Waals surface area contributed by atoms with Crippen LogP contribution in [-0.4, -0.2) is 36.1 Å². The standard InChI is InChI=1S/C13H26N2/c1-3-12-8-7-11(2)15(12)13-6-4-5-9-14-10-13/h11-14H,3-10H2,1-2H3. The van der Waals surface area contributed by atoms with Crippen molar-refractivity contribution in [1.82, 2.24) is 10.2 Å². The molecular formula is C13H26N2. The summed E-state index contributed by atoms with van der Waals surface area (Å²) in [7, 11) is 0. The second-order valence-electron chi connectivity index (χ2n) is 5.29. The summed E-state index contributed by atoms with van der Waals surface area (Å²) in [5.74, 6) is 0. The van der Waals surface area contributed by atoms with E-state index >= 15 is 0 Å². The van der Waals surface area contributed by atoms with E-state index in [0.29, 0.717) is 0 Å². The maximum atomic E-state index is 3.60. The number of nitrogens with zero attached hydrogens (tertiary/aromatic N) is 1. The van der Waals surface area contributed by atoms with E-state index < -0.39 is 0 Å². The molecule has 2 saturated heterocycles. The van der Waals surface area contributed by atoms with Crippen molar-refractivity contribution in [3.63, 3.8) is 0 Å². The molecule has 0 spiro atoms. The first-order valence-corrected chi connectivity index (χ1v) is 6.81. The monoisotopic (exact) mass is 210 g/mol. The van der Waals surface area contributed by atoms with Gasteiger partial charge in [-0.05, 0) is 45.6 Å². The maximum absolute atomic E-state index is 3.60. The Morgan fingerprint density at radius 2 is 2.07 bits per heavy atom. The molecular weight excluding hydrogens is 184 g/mol. The zero-order valence-electron chi connectivity index (χ0n) is 10.3. The third-order valence-electron chi connectivity index (χ3n) is 4.26. The van der Waals surface area contributed by atoms with Gasteiger partial charge < -0.3 is 5.32 Å². The molecule has 15 heavy (non-hydrogen) atoms. The van der Waals surface area contributed by atoms with Crippen molar-refractivity contribution in [1.29, 1.82) is 0 Å². The Hall–Kier alpha value is -0.0800. The van der Waals surface area contributed by atoms with E-state index in [1.54, 1.807) is 0 Å². The molecule has 3 atom stereocenters.